The van der Waals surface area contributed by atoms with Crippen molar-refractivity contribution in [1.82, 2.24) is 0 Å². The zero-order chi connectivity index (χ0) is 21.2. The maximum absolute atomic E-state index is 12.4. The fourth-order valence-corrected chi connectivity index (χ4v) is 6.30. The van der Waals surface area contributed by atoms with E-state index in [0.29, 0.717) is 0 Å². The van der Waals surface area contributed by atoms with Gasteiger partial charge in [-0.1, -0.05) is 60.7 Å². The monoisotopic (exact) mass is 501 g/mol. The molecule has 0 spiro atoms. The van der Waals surface area contributed by atoms with Crippen LogP contribution in [0.2, 0.25) is 0 Å². The van der Waals surface area contributed by atoms with Crippen molar-refractivity contribution in [2.24, 2.45) is 5.41 Å². The molecule has 4 nitrogen and oxygen atoms in total. The summed E-state index contributed by atoms with van der Waals surface area (Å²) >= 11 is 0. The highest BCUT2D eigenvalue weighted by atomic mass is 79.9. The van der Waals surface area contributed by atoms with Crippen molar-refractivity contribution in [2.45, 2.75) is 50.4 Å². The summed E-state index contributed by atoms with van der Waals surface area (Å²) < 4.78 is 12.9. The summed E-state index contributed by atoms with van der Waals surface area (Å²) in [6.45, 7) is 6.04. The summed E-state index contributed by atoms with van der Waals surface area (Å²) in [6, 6.07) is 20.7. The second-order valence-electron chi connectivity index (χ2n) is 9.88. The van der Waals surface area contributed by atoms with E-state index in [1.165, 1.54) is 6.42 Å². The summed E-state index contributed by atoms with van der Waals surface area (Å²) in [5.41, 5.74) is 1.00. The Balaban J connectivity index is 0.00000245. The van der Waals surface area contributed by atoms with Gasteiger partial charge in [-0.2, -0.15) is 0 Å². The van der Waals surface area contributed by atoms with Gasteiger partial charge in [-0.15, -0.1) is 0 Å². The molecule has 4 aliphatic heterocycles. The molecule has 6 rings (SSSR count). The number of quaternary nitrogens is 1. The lowest BCUT2D eigenvalue weighted by atomic mass is 9.56. The summed E-state index contributed by atoms with van der Waals surface area (Å²) in [6.07, 6.45) is 6.55. The van der Waals surface area contributed by atoms with Crippen molar-refractivity contribution in [1.29, 1.82) is 0 Å². The minimum Gasteiger partial charge on any atom is -1.00 e. The number of piperidine rings is 3. The van der Waals surface area contributed by atoms with E-state index in [1.807, 2.05) is 12.1 Å². The van der Waals surface area contributed by atoms with E-state index in [1.54, 1.807) is 0 Å². The molecule has 0 aliphatic carbocycles. The lowest BCUT2D eigenvalue weighted by Gasteiger charge is -2.60. The first-order valence-corrected chi connectivity index (χ1v) is 12.1. The number of halogens is 1. The van der Waals surface area contributed by atoms with Gasteiger partial charge in [-0.05, 0) is 30.4 Å². The Kier molecular flexibility index (Phi) is 7.43. The Hall–Kier alpha value is -1.24. The number of hydrogen-bond acceptors (Lipinski definition) is 3. The highest BCUT2D eigenvalue weighted by Gasteiger charge is 2.60. The SMILES string of the molecule is OC(c1ccccc1)(c1ccccc1)C12CC[N+](CCOC3CCCCO3)(CC1)CC2.[Br-]. The number of hydrogen-bond donors (Lipinski definition) is 1. The van der Waals surface area contributed by atoms with Crippen molar-refractivity contribution in [3.05, 3.63) is 71.8 Å². The zero-order valence-electron chi connectivity index (χ0n) is 18.9. The van der Waals surface area contributed by atoms with E-state index in [4.69, 9.17) is 9.47 Å². The van der Waals surface area contributed by atoms with Crippen LogP contribution in [0, 0.1) is 5.41 Å². The molecule has 4 fully saturated rings. The topological polar surface area (TPSA) is 38.7 Å². The molecule has 174 valence electrons. The summed E-state index contributed by atoms with van der Waals surface area (Å²) in [7, 11) is 0. The smallest absolute Gasteiger partial charge is 0.157 e. The van der Waals surface area contributed by atoms with Crippen LogP contribution in [0.1, 0.15) is 49.7 Å². The summed E-state index contributed by atoms with van der Waals surface area (Å²) in [5.74, 6) is 0. The second kappa shape index (κ2) is 9.94. The third-order valence-electron chi connectivity index (χ3n) is 8.35. The van der Waals surface area contributed by atoms with E-state index in [0.717, 1.165) is 87.1 Å². The highest BCUT2D eigenvalue weighted by Crippen LogP contribution is 2.57. The van der Waals surface area contributed by atoms with Crippen molar-refractivity contribution in [3.63, 3.8) is 0 Å². The van der Waals surface area contributed by atoms with Crippen molar-refractivity contribution >= 4 is 0 Å². The minimum absolute atomic E-state index is 0. The Morgan fingerprint density at radius 2 is 1.47 bits per heavy atom. The van der Waals surface area contributed by atoms with Gasteiger partial charge < -0.3 is 36.0 Å². The van der Waals surface area contributed by atoms with E-state index in [-0.39, 0.29) is 28.7 Å². The van der Waals surface area contributed by atoms with Crippen LogP contribution in [-0.4, -0.2) is 55.3 Å². The van der Waals surface area contributed by atoms with Gasteiger partial charge in [0, 0.05) is 31.3 Å². The fourth-order valence-electron chi connectivity index (χ4n) is 6.30. The van der Waals surface area contributed by atoms with Gasteiger partial charge in [-0.3, -0.25) is 0 Å². The third-order valence-corrected chi connectivity index (χ3v) is 8.35. The Labute approximate surface area is 202 Å². The Morgan fingerprint density at radius 1 is 0.906 bits per heavy atom. The molecule has 1 atom stereocenters. The molecule has 0 radical (unpaired) electrons. The van der Waals surface area contributed by atoms with E-state index in [9.17, 15) is 5.11 Å². The first-order chi connectivity index (χ1) is 15.2. The first-order valence-electron chi connectivity index (χ1n) is 12.1. The number of benzene rings is 2. The average molecular weight is 502 g/mol. The lowest BCUT2D eigenvalue weighted by Crippen LogP contribution is -3.00. The maximum atomic E-state index is 12.4. The summed E-state index contributed by atoms with van der Waals surface area (Å²) in [4.78, 5) is 0. The highest BCUT2D eigenvalue weighted by molar-refractivity contribution is 5.39. The molecule has 0 amide bonds. The molecular weight excluding hydrogens is 466 g/mol. The molecule has 32 heavy (non-hydrogen) atoms. The molecule has 1 unspecified atom stereocenters. The summed E-state index contributed by atoms with van der Waals surface area (Å²) in [5, 5.41) is 12.4. The Morgan fingerprint density at radius 3 is 1.97 bits per heavy atom. The van der Waals surface area contributed by atoms with Gasteiger partial charge >= 0.3 is 0 Å². The van der Waals surface area contributed by atoms with Crippen LogP contribution in [-0.2, 0) is 15.1 Å². The average Bonchev–Trinajstić information content (AvgIpc) is 2.86. The van der Waals surface area contributed by atoms with Gasteiger partial charge in [-0.25, -0.2) is 0 Å². The van der Waals surface area contributed by atoms with Crippen molar-refractivity contribution < 1.29 is 36.0 Å². The molecule has 1 N–H and O–H groups in total. The van der Waals surface area contributed by atoms with Gasteiger partial charge in [0.05, 0.1) is 26.2 Å². The van der Waals surface area contributed by atoms with Gasteiger partial charge in [0.1, 0.15) is 12.1 Å². The van der Waals surface area contributed by atoms with E-state index < -0.39 is 5.60 Å². The van der Waals surface area contributed by atoms with Crippen LogP contribution >= 0.6 is 0 Å². The van der Waals surface area contributed by atoms with Crippen LogP contribution in [0.25, 0.3) is 0 Å². The third kappa shape index (κ3) is 4.30. The van der Waals surface area contributed by atoms with Crippen molar-refractivity contribution in [3.8, 4) is 0 Å². The predicted molar refractivity (Wildman–Crippen MR) is 121 cm³/mol. The van der Waals surface area contributed by atoms with E-state index in [2.05, 4.69) is 48.5 Å². The van der Waals surface area contributed by atoms with Crippen molar-refractivity contribution in [2.75, 3.05) is 39.4 Å². The molecule has 2 aromatic rings. The standard InChI is InChI=1S/C27H36NO3.BrH/c29-27(23-9-3-1-4-10-23,24-11-5-2-6-12-24)26-14-17-28(18-15-26,19-16-26)20-22-31-25-13-7-8-21-30-25;/h1-6,9-12,25,29H,7-8,13-22H2;1H/q+1;/p-1. The molecule has 5 heteroatoms. The second-order valence-corrected chi connectivity index (χ2v) is 9.88. The normalized spacial score (nSPS) is 30.0. The van der Waals surface area contributed by atoms with Crippen LogP contribution in [0.4, 0.5) is 0 Å². The van der Waals surface area contributed by atoms with Gasteiger partial charge in [0.15, 0.2) is 6.29 Å². The predicted octanol–water partition coefficient (Wildman–Crippen LogP) is 1.47. The van der Waals surface area contributed by atoms with Crippen LogP contribution < -0.4 is 17.0 Å². The molecule has 0 aromatic heterocycles. The van der Waals surface area contributed by atoms with E-state index >= 15 is 0 Å². The maximum Gasteiger partial charge on any atom is 0.157 e. The lowest BCUT2D eigenvalue weighted by molar-refractivity contribution is -0.946. The van der Waals surface area contributed by atoms with Gasteiger partial charge in [0.25, 0.3) is 0 Å². The molecular formula is C27H36BrNO3. The molecule has 2 bridgehead atoms. The molecule has 4 heterocycles. The first kappa shape index (κ1) is 23.9. The molecule has 4 saturated heterocycles. The van der Waals surface area contributed by atoms with Crippen LogP contribution in [0.15, 0.2) is 60.7 Å². The number of nitrogens with zero attached hydrogens (tertiary/aromatic N) is 1. The van der Waals surface area contributed by atoms with Crippen LogP contribution in [0.5, 0.6) is 0 Å². The molecule has 2 aromatic carbocycles. The van der Waals surface area contributed by atoms with Gasteiger partial charge in [0.2, 0.25) is 0 Å². The minimum atomic E-state index is -0.946. The zero-order valence-corrected chi connectivity index (χ0v) is 20.5. The number of fused-ring (bicyclic) bond motifs is 3. The number of ether oxygens (including phenoxy) is 2. The Bertz CT molecular complexity index is 790. The molecule has 0 saturated carbocycles. The fraction of sp³-hybridized carbons (Fsp3) is 0.556. The van der Waals surface area contributed by atoms with Crippen LogP contribution in [0.3, 0.4) is 0 Å². The quantitative estimate of drug-likeness (QED) is 0.583. The largest absolute Gasteiger partial charge is 1.00 e. The number of rotatable bonds is 7. The number of aliphatic hydroxyl groups is 1. The molecule has 4 aliphatic rings.